The largest absolute Gasteiger partial charge is 0.386 e. The molecule has 1 unspecified atom stereocenters. The Labute approximate surface area is 75.1 Å². The molecule has 1 N–H and O–H groups in total. The topological polar surface area (TPSA) is 20.2 Å². The van der Waals surface area contributed by atoms with Gasteiger partial charge in [-0.3, -0.25) is 0 Å². The number of rotatable bonds is 4. The molecule has 0 fully saturated rings. The van der Waals surface area contributed by atoms with Gasteiger partial charge in [0.25, 0.3) is 0 Å². The first-order valence-corrected chi connectivity index (χ1v) is 4.30. The minimum atomic E-state index is -0.790. The van der Waals surface area contributed by atoms with Crippen LogP contribution in [0.25, 0.3) is 0 Å². The Morgan fingerprint density at radius 3 is 2.58 bits per heavy atom. The van der Waals surface area contributed by atoms with Gasteiger partial charge in [0.2, 0.25) is 0 Å². The van der Waals surface area contributed by atoms with E-state index >= 15 is 0 Å². The molecule has 0 spiro atoms. The Hall–Kier alpha value is -0.780. The van der Waals surface area contributed by atoms with Gasteiger partial charge in [-0.15, -0.1) is 12.3 Å². The van der Waals surface area contributed by atoms with Crippen molar-refractivity contribution in [3.63, 3.8) is 0 Å². The molecule has 0 saturated carbocycles. The fraction of sp³-hybridized carbons (Fsp3) is 0.545. The molecule has 0 bridgehead atoms. The summed E-state index contributed by atoms with van der Waals surface area (Å²) in [5.74, 6) is 0. The van der Waals surface area contributed by atoms with Crippen LogP contribution >= 0.6 is 0 Å². The van der Waals surface area contributed by atoms with Crippen LogP contribution in [0.4, 0.5) is 0 Å². The molecule has 0 saturated heterocycles. The lowest BCUT2D eigenvalue weighted by Crippen LogP contribution is -2.20. The third kappa shape index (κ3) is 4.17. The van der Waals surface area contributed by atoms with E-state index in [1.807, 2.05) is 13.0 Å². The van der Waals surface area contributed by atoms with Crippen LogP contribution in [0.1, 0.15) is 33.6 Å². The highest BCUT2D eigenvalue weighted by atomic mass is 16.3. The van der Waals surface area contributed by atoms with Crippen molar-refractivity contribution in [3.05, 3.63) is 30.0 Å². The van der Waals surface area contributed by atoms with Gasteiger partial charge in [-0.25, -0.2) is 0 Å². The van der Waals surface area contributed by atoms with Gasteiger partial charge in [-0.1, -0.05) is 13.0 Å². The van der Waals surface area contributed by atoms with Gasteiger partial charge in [-0.05, 0) is 31.9 Å². The maximum atomic E-state index is 9.66. The summed E-state index contributed by atoms with van der Waals surface area (Å²) >= 11 is 0. The Bertz CT molecular complexity index is 205. The number of aliphatic hydroxyl groups is 1. The fourth-order valence-corrected chi connectivity index (χ4v) is 0.986. The van der Waals surface area contributed by atoms with E-state index in [0.29, 0.717) is 6.42 Å². The predicted molar refractivity (Wildman–Crippen MR) is 53.0 cm³/mol. The van der Waals surface area contributed by atoms with Crippen LogP contribution in [0.3, 0.4) is 0 Å². The van der Waals surface area contributed by atoms with E-state index in [2.05, 4.69) is 19.2 Å². The monoisotopic (exact) mass is 166 g/mol. The smallest absolute Gasteiger partial charge is 0.0840 e. The first kappa shape index (κ1) is 11.2. The van der Waals surface area contributed by atoms with Crippen molar-refractivity contribution in [2.45, 2.75) is 39.2 Å². The molecular formula is C11H18O. The molecule has 0 aromatic heterocycles. The molecule has 0 aliphatic rings. The molecule has 0 amide bonds. The second kappa shape index (κ2) is 4.97. The van der Waals surface area contributed by atoms with Crippen molar-refractivity contribution >= 4 is 0 Å². The Morgan fingerprint density at radius 1 is 1.67 bits per heavy atom. The van der Waals surface area contributed by atoms with Crippen molar-refractivity contribution in [2.24, 2.45) is 0 Å². The average Bonchev–Trinajstić information content (AvgIpc) is 2.03. The van der Waals surface area contributed by atoms with Gasteiger partial charge in [0.1, 0.15) is 0 Å². The molecule has 1 nitrogen and oxygen atoms in total. The SMILES string of the molecule is C=CC(C)(O)CC(=C=CC)CC. The molecule has 0 rings (SSSR count). The van der Waals surface area contributed by atoms with Crippen molar-refractivity contribution < 1.29 is 5.11 Å². The summed E-state index contributed by atoms with van der Waals surface area (Å²) in [4.78, 5) is 0. The Kier molecular flexibility index (Phi) is 4.65. The van der Waals surface area contributed by atoms with Crippen LogP contribution in [-0.2, 0) is 0 Å². The standard InChI is InChI=1S/C11H18O/c1-5-8-10(6-2)9-11(4,12)7-3/h5,7,12H,3,6,9H2,1-2,4H3. The summed E-state index contributed by atoms with van der Waals surface area (Å²) in [6.07, 6.45) is 4.99. The van der Waals surface area contributed by atoms with E-state index < -0.39 is 5.60 Å². The van der Waals surface area contributed by atoms with E-state index in [-0.39, 0.29) is 0 Å². The zero-order valence-electron chi connectivity index (χ0n) is 8.22. The molecule has 1 heteroatoms. The lowest BCUT2D eigenvalue weighted by molar-refractivity contribution is 0.112. The minimum absolute atomic E-state index is 0.622. The van der Waals surface area contributed by atoms with Gasteiger partial charge < -0.3 is 5.11 Å². The van der Waals surface area contributed by atoms with Crippen LogP contribution in [0, 0.1) is 0 Å². The lowest BCUT2D eigenvalue weighted by Gasteiger charge is -2.18. The van der Waals surface area contributed by atoms with Gasteiger partial charge in [0, 0.05) is 6.42 Å². The summed E-state index contributed by atoms with van der Waals surface area (Å²) in [5.41, 5.74) is 3.44. The summed E-state index contributed by atoms with van der Waals surface area (Å²) in [6, 6.07) is 0. The summed E-state index contributed by atoms with van der Waals surface area (Å²) < 4.78 is 0. The van der Waals surface area contributed by atoms with Crippen molar-refractivity contribution in [1.29, 1.82) is 0 Å². The highest BCUT2D eigenvalue weighted by Crippen LogP contribution is 2.18. The molecule has 68 valence electrons. The van der Waals surface area contributed by atoms with Crippen LogP contribution in [0.15, 0.2) is 30.0 Å². The maximum absolute atomic E-state index is 9.66. The summed E-state index contributed by atoms with van der Waals surface area (Å²) in [5, 5.41) is 9.66. The highest BCUT2D eigenvalue weighted by Gasteiger charge is 2.16. The van der Waals surface area contributed by atoms with Gasteiger partial charge in [0.05, 0.1) is 5.60 Å². The van der Waals surface area contributed by atoms with Crippen LogP contribution in [0.2, 0.25) is 0 Å². The van der Waals surface area contributed by atoms with Gasteiger partial charge in [-0.2, -0.15) is 0 Å². The molecule has 0 heterocycles. The van der Waals surface area contributed by atoms with E-state index in [4.69, 9.17) is 0 Å². The molecule has 0 aliphatic carbocycles. The Morgan fingerprint density at radius 2 is 2.25 bits per heavy atom. The van der Waals surface area contributed by atoms with Crippen molar-refractivity contribution in [3.8, 4) is 0 Å². The normalized spacial score (nSPS) is 14.3. The van der Waals surface area contributed by atoms with Crippen LogP contribution in [-0.4, -0.2) is 10.7 Å². The quantitative estimate of drug-likeness (QED) is 0.503. The van der Waals surface area contributed by atoms with Crippen molar-refractivity contribution in [2.75, 3.05) is 0 Å². The van der Waals surface area contributed by atoms with E-state index in [1.54, 1.807) is 13.0 Å². The first-order valence-electron chi connectivity index (χ1n) is 4.30. The van der Waals surface area contributed by atoms with Gasteiger partial charge >= 0.3 is 0 Å². The van der Waals surface area contributed by atoms with Gasteiger partial charge in [0.15, 0.2) is 0 Å². The number of hydrogen-bond donors (Lipinski definition) is 1. The maximum Gasteiger partial charge on any atom is 0.0840 e. The highest BCUT2D eigenvalue weighted by molar-refractivity contribution is 5.08. The number of hydrogen-bond acceptors (Lipinski definition) is 1. The zero-order chi connectivity index (χ0) is 9.61. The van der Waals surface area contributed by atoms with Crippen LogP contribution < -0.4 is 0 Å². The second-order valence-electron chi connectivity index (χ2n) is 3.13. The molecule has 0 aromatic carbocycles. The van der Waals surface area contributed by atoms with Crippen LogP contribution in [0.5, 0.6) is 0 Å². The Balaban J connectivity index is 4.42. The second-order valence-corrected chi connectivity index (χ2v) is 3.13. The lowest BCUT2D eigenvalue weighted by atomic mass is 9.96. The fourth-order valence-electron chi connectivity index (χ4n) is 0.986. The summed E-state index contributed by atoms with van der Waals surface area (Å²) in [6.45, 7) is 9.32. The summed E-state index contributed by atoms with van der Waals surface area (Å²) in [7, 11) is 0. The van der Waals surface area contributed by atoms with Crippen molar-refractivity contribution in [1.82, 2.24) is 0 Å². The minimum Gasteiger partial charge on any atom is -0.386 e. The van der Waals surface area contributed by atoms with E-state index in [0.717, 1.165) is 12.0 Å². The molecule has 1 atom stereocenters. The average molecular weight is 166 g/mol. The molecule has 0 aromatic rings. The molecule has 0 radical (unpaired) electrons. The molecular weight excluding hydrogens is 148 g/mol. The first-order chi connectivity index (χ1) is 5.55. The third-order valence-electron chi connectivity index (χ3n) is 1.79. The molecule has 12 heavy (non-hydrogen) atoms. The zero-order valence-corrected chi connectivity index (χ0v) is 8.22. The predicted octanol–water partition coefficient (Wildman–Crippen LogP) is 2.82. The molecule has 0 aliphatic heterocycles. The van der Waals surface area contributed by atoms with E-state index in [9.17, 15) is 5.11 Å². The third-order valence-corrected chi connectivity index (χ3v) is 1.79. The van der Waals surface area contributed by atoms with E-state index in [1.165, 1.54) is 0 Å².